The molecule has 4 N–H and O–H groups in total. The summed E-state index contributed by atoms with van der Waals surface area (Å²) in [7, 11) is 0. The van der Waals surface area contributed by atoms with E-state index in [1.165, 1.54) is 0 Å². The first-order chi connectivity index (χ1) is 19.9. The largest absolute Gasteiger partial charge is 0.481 e. The van der Waals surface area contributed by atoms with Gasteiger partial charge in [-0.25, -0.2) is 0 Å². The van der Waals surface area contributed by atoms with Crippen LogP contribution in [0.5, 0.6) is 0 Å². The monoisotopic (exact) mass is 594 g/mol. The van der Waals surface area contributed by atoms with E-state index in [1.807, 2.05) is 60.9 Å². The molecule has 0 radical (unpaired) electrons. The molecule has 202 valence electrons. The van der Waals surface area contributed by atoms with Crippen molar-refractivity contribution in [3.05, 3.63) is 96.3 Å². The van der Waals surface area contributed by atoms with E-state index < -0.39 is 11.9 Å². The zero-order chi connectivity index (χ0) is 28.1. The van der Waals surface area contributed by atoms with E-state index in [9.17, 15) is 19.8 Å². The number of nitrogens with one attached hydrogen (secondary N) is 2. The molecule has 0 fully saturated rings. The van der Waals surface area contributed by atoms with Gasteiger partial charge in [-0.05, 0) is 93.7 Å². The van der Waals surface area contributed by atoms with Gasteiger partial charge in [-0.3, -0.25) is 9.59 Å². The van der Waals surface area contributed by atoms with Crippen molar-refractivity contribution in [1.29, 1.82) is 0 Å². The van der Waals surface area contributed by atoms with Gasteiger partial charge in [0.1, 0.15) is 0 Å². The molecular weight excluding hydrogens is 573 g/mol. The molecule has 7 aromatic rings. The molecule has 41 heavy (non-hydrogen) atoms. The zero-order valence-electron chi connectivity index (χ0n) is 21.4. The van der Waals surface area contributed by atoms with Gasteiger partial charge in [0.25, 0.3) is 0 Å². The minimum atomic E-state index is -0.875. The number of hydrogen-bond acceptors (Lipinski definition) is 5. The maximum atomic E-state index is 11.8. The van der Waals surface area contributed by atoms with E-state index in [4.69, 9.17) is 0 Å². The Labute approximate surface area is 246 Å². The Balaban J connectivity index is 1.29. The topological polar surface area (TPSA) is 106 Å². The highest BCUT2D eigenvalue weighted by atomic mass is 32.1. The van der Waals surface area contributed by atoms with E-state index in [0.29, 0.717) is 0 Å². The SMILES string of the molecule is O=C(O)Cc1cc(-c2ccc3[nH]ccc3c2)sc1-c1ccc(-c2sc(-c3ccc4[nH]ccc4c3)cc2CC(=O)O)s1. The van der Waals surface area contributed by atoms with Gasteiger partial charge in [-0.2, -0.15) is 0 Å². The zero-order valence-corrected chi connectivity index (χ0v) is 23.9. The maximum absolute atomic E-state index is 11.8. The number of aromatic nitrogens is 2. The lowest BCUT2D eigenvalue weighted by Crippen LogP contribution is -1.99. The van der Waals surface area contributed by atoms with Gasteiger partial charge in [0, 0.05) is 52.7 Å². The average molecular weight is 595 g/mol. The summed E-state index contributed by atoms with van der Waals surface area (Å²) in [6, 6.07) is 24.5. The molecule has 0 aliphatic heterocycles. The van der Waals surface area contributed by atoms with Crippen LogP contribution in [0.4, 0.5) is 0 Å². The summed E-state index contributed by atoms with van der Waals surface area (Å²) in [5, 5.41) is 21.5. The molecule has 5 aromatic heterocycles. The predicted octanol–water partition coefficient (Wildman–Crippen LogP) is 8.76. The van der Waals surface area contributed by atoms with Crippen LogP contribution in [-0.4, -0.2) is 32.1 Å². The van der Waals surface area contributed by atoms with Gasteiger partial charge in [0.05, 0.1) is 12.8 Å². The highest BCUT2D eigenvalue weighted by Gasteiger charge is 2.20. The van der Waals surface area contributed by atoms with Gasteiger partial charge in [0.15, 0.2) is 0 Å². The molecule has 0 saturated carbocycles. The van der Waals surface area contributed by atoms with Crippen molar-refractivity contribution >= 4 is 67.8 Å². The number of carboxylic acid groups (broad SMARTS) is 2. The Morgan fingerprint density at radius 2 is 1.02 bits per heavy atom. The lowest BCUT2D eigenvalue weighted by Gasteiger charge is -2.00. The molecule has 2 aromatic carbocycles. The number of carbonyl (C=O) groups is 2. The van der Waals surface area contributed by atoms with Crippen LogP contribution in [0.2, 0.25) is 0 Å². The Hall–Kier alpha value is -4.44. The van der Waals surface area contributed by atoms with Crippen molar-refractivity contribution < 1.29 is 19.8 Å². The van der Waals surface area contributed by atoms with Gasteiger partial charge < -0.3 is 20.2 Å². The third-order valence-corrected chi connectivity index (χ3v) is 10.9. The Morgan fingerprint density at radius 1 is 0.561 bits per heavy atom. The molecule has 0 amide bonds. The van der Waals surface area contributed by atoms with Gasteiger partial charge in [-0.15, -0.1) is 34.0 Å². The standard InChI is InChI=1S/C32H22N2O4S3/c35-29(36)15-21-13-27(19-1-3-23-17(11-19)7-9-33-23)40-31(21)25-5-6-26(39-25)32-22(16-30(37)38)14-28(41-32)20-2-4-24-18(12-20)8-10-34-24/h1-14,33-34H,15-16H2,(H,35,36)(H,37,38). The van der Waals surface area contributed by atoms with Crippen molar-refractivity contribution in [2.75, 3.05) is 0 Å². The fourth-order valence-corrected chi connectivity index (χ4v) is 8.79. The molecule has 0 aliphatic rings. The Kier molecular flexibility index (Phi) is 6.34. The van der Waals surface area contributed by atoms with Crippen LogP contribution >= 0.6 is 34.0 Å². The van der Waals surface area contributed by atoms with Crippen molar-refractivity contribution in [3.63, 3.8) is 0 Å². The van der Waals surface area contributed by atoms with E-state index in [-0.39, 0.29) is 12.8 Å². The number of benzene rings is 2. The predicted molar refractivity (Wildman–Crippen MR) is 168 cm³/mol. The van der Waals surface area contributed by atoms with Crippen LogP contribution < -0.4 is 0 Å². The van der Waals surface area contributed by atoms with Crippen molar-refractivity contribution in [3.8, 4) is 40.4 Å². The first-order valence-corrected chi connectivity index (χ1v) is 15.3. The summed E-state index contributed by atoms with van der Waals surface area (Å²) in [5.74, 6) is -1.75. The number of fused-ring (bicyclic) bond motifs is 2. The molecule has 0 unspecified atom stereocenters. The second kappa shape index (κ2) is 10.2. The van der Waals surface area contributed by atoms with Crippen LogP contribution in [0.1, 0.15) is 11.1 Å². The fourth-order valence-electron chi connectivity index (χ4n) is 5.14. The number of hydrogen-bond donors (Lipinski definition) is 4. The molecule has 0 aliphatic carbocycles. The molecule has 0 bridgehead atoms. The summed E-state index contributed by atoms with van der Waals surface area (Å²) >= 11 is 4.75. The Bertz CT molecular complexity index is 1940. The van der Waals surface area contributed by atoms with Gasteiger partial charge in [-0.1, -0.05) is 12.1 Å². The quantitative estimate of drug-likeness (QED) is 0.141. The van der Waals surface area contributed by atoms with E-state index in [1.54, 1.807) is 34.0 Å². The second-order valence-corrected chi connectivity index (χ2v) is 13.0. The van der Waals surface area contributed by atoms with E-state index in [0.717, 1.165) is 73.3 Å². The minimum absolute atomic E-state index is 0.0689. The van der Waals surface area contributed by atoms with Crippen LogP contribution in [0, 0.1) is 0 Å². The molecule has 5 heterocycles. The number of aliphatic carboxylic acids is 2. The second-order valence-electron chi connectivity index (χ2n) is 9.79. The van der Waals surface area contributed by atoms with Crippen LogP contribution in [0.25, 0.3) is 62.2 Å². The third kappa shape index (κ3) is 4.88. The molecule has 0 atom stereocenters. The number of aromatic amines is 2. The number of thiophene rings is 3. The molecular formula is C32H22N2O4S3. The number of carboxylic acids is 2. The van der Waals surface area contributed by atoms with Crippen LogP contribution in [-0.2, 0) is 22.4 Å². The first-order valence-electron chi connectivity index (χ1n) is 12.9. The molecule has 7 rings (SSSR count). The maximum Gasteiger partial charge on any atom is 0.307 e. The summed E-state index contributed by atoms with van der Waals surface area (Å²) in [4.78, 5) is 35.8. The minimum Gasteiger partial charge on any atom is -0.481 e. The summed E-state index contributed by atoms with van der Waals surface area (Å²) in [5.41, 5.74) is 5.75. The first kappa shape index (κ1) is 25.5. The summed E-state index contributed by atoms with van der Waals surface area (Å²) in [6.45, 7) is 0. The van der Waals surface area contributed by atoms with Crippen molar-refractivity contribution in [2.24, 2.45) is 0 Å². The number of H-pyrrole nitrogens is 2. The van der Waals surface area contributed by atoms with E-state index in [2.05, 4.69) is 34.2 Å². The molecule has 9 heteroatoms. The van der Waals surface area contributed by atoms with Crippen LogP contribution in [0.3, 0.4) is 0 Å². The summed E-state index contributed by atoms with van der Waals surface area (Å²) < 4.78 is 0. The van der Waals surface area contributed by atoms with Gasteiger partial charge in [0.2, 0.25) is 0 Å². The average Bonchev–Trinajstić information content (AvgIpc) is 3.77. The highest BCUT2D eigenvalue weighted by Crippen LogP contribution is 2.47. The van der Waals surface area contributed by atoms with Gasteiger partial charge >= 0.3 is 11.9 Å². The van der Waals surface area contributed by atoms with Crippen molar-refractivity contribution in [1.82, 2.24) is 9.97 Å². The van der Waals surface area contributed by atoms with Crippen LogP contribution in [0.15, 0.2) is 85.2 Å². The normalized spacial score (nSPS) is 11.5. The molecule has 0 spiro atoms. The Morgan fingerprint density at radius 3 is 1.46 bits per heavy atom. The molecule has 6 nitrogen and oxygen atoms in total. The third-order valence-electron chi connectivity index (χ3n) is 7.03. The van der Waals surface area contributed by atoms with Crippen molar-refractivity contribution in [2.45, 2.75) is 12.8 Å². The molecule has 0 saturated heterocycles. The smallest absolute Gasteiger partial charge is 0.307 e. The lowest BCUT2D eigenvalue weighted by atomic mass is 10.1. The van der Waals surface area contributed by atoms with E-state index >= 15 is 0 Å². The summed E-state index contributed by atoms with van der Waals surface area (Å²) in [6.07, 6.45) is 3.68. The highest BCUT2D eigenvalue weighted by molar-refractivity contribution is 7.28. The number of rotatable bonds is 8. The lowest BCUT2D eigenvalue weighted by molar-refractivity contribution is -0.137. The fraction of sp³-hybridized carbons (Fsp3) is 0.0625.